The zero-order valence-electron chi connectivity index (χ0n) is 17.8. The lowest BCUT2D eigenvalue weighted by Crippen LogP contribution is -2.40. The summed E-state index contributed by atoms with van der Waals surface area (Å²) < 4.78 is 12.8. The van der Waals surface area contributed by atoms with Crippen LogP contribution in [0.3, 0.4) is 0 Å². The molecule has 0 spiro atoms. The standard InChI is InChI=1S/C23H25N3O4S2/c1-2-9-26-22(28)19-16-5-3-4-6-18(16)32-20(19)24-23(26)31-14-15-7-8-17(30-15)21(27)25-10-12-29-13-11-25/h2,7-8H,1,3-6,9-14H2. The van der Waals surface area contributed by atoms with Gasteiger partial charge in [0, 0.05) is 24.5 Å². The fourth-order valence-corrected chi connectivity index (χ4v) is 6.45. The first-order valence-corrected chi connectivity index (χ1v) is 12.7. The van der Waals surface area contributed by atoms with E-state index in [9.17, 15) is 9.59 Å². The Hall–Kier alpha value is -2.36. The van der Waals surface area contributed by atoms with Gasteiger partial charge >= 0.3 is 0 Å². The van der Waals surface area contributed by atoms with E-state index in [-0.39, 0.29) is 11.5 Å². The van der Waals surface area contributed by atoms with Gasteiger partial charge in [-0.25, -0.2) is 4.98 Å². The van der Waals surface area contributed by atoms with Gasteiger partial charge in [-0.15, -0.1) is 17.9 Å². The average molecular weight is 472 g/mol. The van der Waals surface area contributed by atoms with E-state index < -0.39 is 0 Å². The number of furan rings is 1. The molecule has 0 saturated carbocycles. The molecule has 0 unspecified atom stereocenters. The van der Waals surface area contributed by atoms with Crippen molar-refractivity contribution in [2.45, 2.75) is 43.1 Å². The molecule has 32 heavy (non-hydrogen) atoms. The largest absolute Gasteiger partial charge is 0.455 e. The predicted octanol–water partition coefficient (Wildman–Crippen LogP) is 3.88. The number of fused-ring (bicyclic) bond motifs is 3. The van der Waals surface area contributed by atoms with Crippen molar-refractivity contribution >= 4 is 39.2 Å². The Bertz CT molecular complexity index is 1220. The van der Waals surface area contributed by atoms with Crippen molar-refractivity contribution in [1.29, 1.82) is 0 Å². The summed E-state index contributed by atoms with van der Waals surface area (Å²) in [5.41, 5.74) is 1.21. The lowest BCUT2D eigenvalue weighted by molar-refractivity contribution is 0.0282. The molecule has 3 aromatic rings. The van der Waals surface area contributed by atoms with Crippen LogP contribution in [0.1, 0.15) is 39.6 Å². The smallest absolute Gasteiger partial charge is 0.289 e. The third-order valence-electron chi connectivity index (χ3n) is 5.87. The van der Waals surface area contributed by atoms with Crippen LogP contribution in [0, 0.1) is 0 Å². The van der Waals surface area contributed by atoms with E-state index in [0.717, 1.165) is 29.5 Å². The van der Waals surface area contributed by atoms with Crippen molar-refractivity contribution in [2.24, 2.45) is 0 Å². The van der Waals surface area contributed by atoms with Gasteiger partial charge in [0.15, 0.2) is 10.9 Å². The van der Waals surface area contributed by atoms with Gasteiger partial charge in [-0.1, -0.05) is 17.8 Å². The SMILES string of the molecule is C=CCn1c(SCc2ccc(C(=O)N3CCOCC3)o2)nc2sc3c(c2c1=O)CCCC3. The maximum absolute atomic E-state index is 13.3. The summed E-state index contributed by atoms with van der Waals surface area (Å²) in [6.45, 7) is 6.48. The summed E-state index contributed by atoms with van der Waals surface area (Å²) in [5, 5.41) is 1.44. The van der Waals surface area contributed by atoms with Gasteiger partial charge in [-0.3, -0.25) is 14.2 Å². The zero-order chi connectivity index (χ0) is 22.1. The van der Waals surface area contributed by atoms with Crippen molar-refractivity contribution in [2.75, 3.05) is 26.3 Å². The van der Waals surface area contributed by atoms with E-state index in [2.05, 4.69) is 6.58 Å². The van der Waals surface area contributed by atoms with Crippen LogP contribution in [0.25, 0.3) is 10.2 Å². The molecule has 2 aliphatic rings. The van der Waals surface area contributed by atoms with Gasteiger partial charge in [0.25, 0.3) is 11.5 Å². The van der Waals surface area contributed by atoms with Crippen molar-refractivity contribution in [3.05, 3.63) is 57.1 Å². The number of ether oxygens (including phenoxy) is 1. The lowest BCUT2D eigenvalue weighted by Gasteiger charge is -2.25. The first-order chi connectivity index (χ1) is 15.7. The molecule has 0 N–H and O–H groups in total. The number of nitrogens with zero attached hydrogens (tertiary/aromatic N) is 3. The minimum absolute atomic E-state index is 0.0134. The van der Waals surface area contributed by atoms with Crippen molar-refractivity contribution < 1.29 is 13.9 Å². The summed E-state index contributed by atoms with van der Waals surface area (Å²) in [4.78, 5) is 34.7. The van der Waals surface area contributed by atoms with Gasteiger partial charge < -0.3 is 14.1 Å². The Morgan fingerprint density at radius 2 is 2.06 bits per heavy atom. The van der Waals surface area contributed by atoms with Gasteiger partial charge in [0.2, 0.25) is 0 Å². The Labute approximate surface area is 194 Å². The van der Waals surface area contributed by atoms with Gasteiger partial charge in [-0.05, 0) is 43.4 Å². The van der Waals surface area contributed by atoms with Crippen LogP contribution < -0.4 is 5.56 Å². The second-order valence-electron chi connectivity index (χ2n) is 7.95. The zero-order valence-corrected chi connectivity index (χ0v) is 19.4. The highest BCUT2D eigenvalue weighted by atomic mass is 32.2. The minimum Gasteiger partial charge on any atom is -0.455 e. The quantitative estimate of drug-likeness (QED) is 0.308. The molecule has 0 atom stereocenters. The number of hydrogen-bond donors (Lipinski definition) is 0. The van der Waals surface area contributed by atoms with Gasteiger partial charge in [0.05, 0.1) is 24.4 Å². The molecule has 0 aromatic carbocycles. The molecular formula is C23H25N3O4S2. The normalized spacial score (nSPS) is 16.3. The molecule has 5 rings (SSSR count). The molecule has 4 heterocycles. The number of rotatable bonds is 6. The van der Waals surface area contributed by atoms with E-state index in [4.69, 9.17) is 14.1 Å². The average Bonchev–Trinajstić information content (AvgIpc) is 3.44. The fourth-order valence-electron chi connectivity index (χ4n) is 4.25. The number of thiophene rings is 1. The Balaban J connectivity index is 1.39. The highest BCUT2D eigenvalue weighted by Gasteiger charge is 2.23. The molecule has 1 aliphatic carbocycles. The number of thioether (sulfide) groups is 1. The van der Waals surface area contributed by atoms with Crippen LogP contribution in [0.15, 0.2) is 39.2 Å². The van der Waals surface area contributed by atoms with E-state index in [1.807, 2.05) is 6.07 Å². The maximum atomic E-state index is 13.3. The summed E-state index contributed by atoms with van der Waals surface area (Å²) in [7, 11) is 0. The number of aryl methyl sites for hydroxylation is 2. The number of hydrogen-bond acceptors (Lipinski definition) is 7. The van der Waals surface area contributed by atoms with Crippen LogP contribution in [0.5, 0.6) is 0 Å². The molecule has 168 valence electrons. The Morgan fingerprint density at radius 1 is 1.25 bits per heavy atom. The third kappa shape index (κ3) is 4.04. The van der Waals surface area contributed by atoms with Gasteiger partial charge in [-0.2, -0.15) is 0 Å². The molecule has 1 saturated heterocycles. The molecule has 1 fully saturated rings. The monoisotopic (exact) mass is 471 g/mol. The second-order valence-corrected chi connectivity index (χ2v) is 9.98. The molecular weight excluding hydrogens is 446 g/mol. The fraction of sp³-hybridized carbons (Fsp3) is 0.435. The van der Waals surface area contributed by atoms with Crippen molar-refractivity contribution in [3.63, 3.8) is 0 Å². The first kappa shape index (κ1) is 21.5. The second kappa shape index (κ2) is 9.25. The van der Waals surface area contributed by atoms with Crippen molar-refractivity contribution in [3.8, 4) is 0 Å². The van der Waals surface area contributed by atoms with E-state index >= 15 is 0 Å². The molecule has 9 heteroatoms. The Kier molecular flexibility index (Phi) is 6.21. The summed E-state index contributed by atoms with van der Waals surface area (Å²) in [5.74, 6) is 1.38. The van der Waals surface area contributed by atoms with Gasteiger partial charge in [0.1, 0.15) is 10.6 Å². The van der Waals surface area contributed by atoms with Crippen LogP contribution in [0.2, 0.25) is 0 Å². The van der Waals surface area contributed by atoms with Crippen molar-refractivity contribution in [1.82, 2.24) is 14.5 Å². The Morgan fingerprint density at radius 3 is 2.88 bits per heavy atom. The molecule has 3 aromatic heterocycles. The highest BCUT2D eigenvalue weighted by molar-refractivity contribution is 7.98. The number of morpholine rings is 1. The molecule has 1 aliphatic heterocycles. The van der Waals surface area contributed by atoms with Crippen LogP contribution in [-0.2, 0) is 29.9 Å². The number of allylic oxidation sites excluding steroid dienone is 1. The molecule has 7 nitrogen and oxygen atoms in total. The van der Waals surface area contributed by atoms with E-state index in [0.29, 0.717) is 55.3 Å². The van der Waals surface area contributed by atoms with Crippen LogP contribution in [0.4, 0.5) is 0 Å². The lowest BCUT2D eigenvalue weighted by atomic mass is 9.97. The summed E-state index contributed by atoms with van der Waals surface area (Å²) in [6, 6.07) is 3.54. The number of carbonyl (C=O) groups excluding carboxylic acids is 1. The molecule has 0 radical (unpaired) electrons. The summed E-state index contributed by atoms with van der Waals surface area (Å²) in [6.07, 6.45) is 6.02. The predicted molar refractivity (Wildman–Crippen MR) is 126 cm³/mol. The highest BCUT2D eigenvalue weighted by Crippen LogP contribution is 2.35. The number of aromatic nitrogens is 2. The topological polar surface area (TPSA) is 77.6 Å². The van der Waals surface area contributed by atoms with E-state index in [1.165, 1.54) is 28.6 Å². The minimum atomic E-state index is -0.114. The van der Waals surface area contributed by atoms with E-state index in [1.54, 1.807) is 32.9 Å². The third-order valence-corrected chi connectivity index (χ3v) is 8.05. The number of carbonyl (C=O) groups is 1. The molecule has 0 bridgehead atoms. The maximum Gasteiger partial charge on any atom is 0.289 e. The molecule has 1 amide bonds. The first-order valence-electron chi connectivity index (χ1n) is 10.9. The van der Waals surface area contributed by atoms with Crippen LogP contribution >= 0.6 is 23.1 Å². The number of amides is 1. The van der Waals surface area contributed by atoms with Crippen LogP contribution in [-0.4, -0.2) is 46.7 Å². The summed E-state index contributed by atoms with van der Waals surface area (Å²) >= 11 is 3.10.